The van der Waals surface area contributed by atoms with E-state index in [2.05, 4.69) is 14.8 Å². The van der Waals surface area contributed by atoms with Gasteiger partial charge in [0, 0.05) is 5.69 Å². The number of benzene rings is 2. The molecule has 29 heavy (non-hydrogen) atoms. The summed E-state index contributed by atoms with van der Waals surface area (Å²) >= 11 is 0. The van der Waals surface area contributed by atoms with Crippen molar-refractivity contribution in [1.29, 1.82) is 0 Å². The van der Waals surface area contributed by atoms with Crippen LogP contribution in [0.1, 0.15) is 29.3 Å². The molecule has 0 bridgehead atoms. The van der Waals surface area contributed by atoms with Crippen LogP contribution in [-0.4, -0.2) is 35.5 Å². The molecule has 0 atom stereocenters. The van der Waals surface area contributed by atoms with Gasteiger partial charge in [0.15, 0.2) is 0 Å². The standard InChI is InChI=1S/C18H22FN3O5S2/c1-4-10-28(24,25)22-17-7-5-6-16(12(17)2)21-18(23)14-11-13(8-9-15(14)19)29(26,27)20-3/h5-9,11,20,22H,4,10H2,1-3H3,(H,21,23). The maximum absolute atomic E-state index is 14.1. The van der Waals surface area contributed by atoms with Crippen molar-refractivity contribution in [3.05, 3.63) is 53.3 Å². The van der Waals surface area contributed by atoms with Gasteiger partial charge in [0.1, 0.15) is 5.82 Å². The highest BCUT2D eigenvalue weighted by atomic mass is 32.2. The fraction of sp³-hybridized carbons (Fsp3) is 0.278. The van der Waals surface area contributed by atoms with E-state index < -0.39 is 37.3 Å². The number of nitrogens with one attached hydrogen (secondary N) is 3. The lowest BCUT2D eigenvalue weighted by Crippen LogP contribution is -2.21. The minimum Gasteiger partial charge on any atom is -0.322 e. The second kappa shape index (κ2) is 8.89. The molecule has 0 saturated heterocycles. The summed E-state index contributed by atoms with van der Waals surface area (Å²) in [5.41, 5.74) is 0.508. The predicted octanol–water partition coefficient (Wildman–Crippen LogP) is 2.45. The molecule has 1 amide bonds. The van der Waals surface area contributed by atoms with Crippen LogP contribution in [-0.2, 0) is 20.0 Å². The summed E-state index contributed by atoms with van der Waals surface area (Å²) in [5, 5.41) is 2.49. The number of hydrogen-bond donors (Lipinski definition) is 3. The van der Waals surface area contributed by atoms with E-state index in [1.54, 1.807) is 19.9 Å². The lowest BCUT2D eigenvalue weighted by atomic mass is 10.1. The molecule has 0 aliphatic rings. The minimum atomic E-state index is -3.86. The summed E-state index contributed by atoms with van der Waals surface area (Å²) in [5.74, 6) is -1.82. The van der Waals surface area contributed by atoms with Crippen molar-refractivity contribution in [3.8, 4) is 0 Å². The third-order valence-corrected chi connectivity index (χ3v) is 6.97. The van der Waals surface area contributed by atoms with Crippen LogP contribution in [0.5, 0.6) is 0 Å². The number of halogens is 1. The molecule has 2 aromatic carbocycles. The van der Waals surface area contributed by atoms with E-state index in [0.717, 1.165) is 18.2 Å². The van der Waals surface area contributed by atoms with Gasteiger partial charge in [-0.1, -0.05) is 13.0 Å². The molecule has 2 aromatic rings. The van der Waals surface area contributed by atoms with Gasteiger partial charge in [-0.3, -0.25) is 9.52 Å². The van der Waals surface area contributed by atoms with Gasteiger partial charge in [-0.25, -0.2) is 25.9 Å². The average Bonchev–Trinajstić information content (AvgIpc) is 2.64. The Hall–Kier alpha value is -2.50. The maximum atomic E-state index is 14.1. The van der Waals surface area contributed by atoms with Crippen molar-refractivity contribution in [2.75, 3.05) is 22.8 Å². The Labute approximate surface area is 169 Å². The number of amides is 1. The highest BCUT2D eigenvalue weighted by molar-refractivity contribution is 7.92. The first kappa shape index (κ1) is 22.8. The second-order valence-corrected chi connectivity index (χ2v) is 9.93. The van der Waals surface area contributed by atoms with Crippen LogP contribution in [0.15, 0.2) is 41.3 Å². The van der Waals surface area contributed by atoms with Crippen LogP contribution in [0.3, 0.4) is 0 Å². The third kappa shape index (κ3) is 5.52. The second-order valence-electron chi connectivity index (χ2n) is 6.20. The van der Waals surface area contributed by atoms with Crippen molar-refractivity contribution in [2.24, 2.45) is 0 Å². The first-order chi connectivity index (χ1) is 13.5. The van der Waals surface area contributed by atoms with Gasteiger partial charge in [-0.15, -0.1) is 0 Å². The van der Waals surface area contributed by atoms with E-state index in [9.17, 15) is 26.0 Å². The quantitative estimate of drug-likeness (QED) is 0.579. The van der Waals surface area contributed by atoms with Crippen molar-refractivity contribution in [2.45, 2.75) is 25.2 Å². The highest BCUT2D eigenvalue weighted by Gasteiger charge is 2.19. The zero-order valence-corrected chi connectivity index (χ0v) is 17.7. The third-order valence-electron chi connectivity index (χ3n) is 4.08. The summed E-state index contributed by atoms with van der Waals surface area (Å²) < 4.78 is 66.5. The van der Waals surface area contributed by atoms with Crippen molar-refractivity contribution in [3.63, 3.8) is 0 Å². The number of anilines is 2. The number of carbonyl (C=O) groups is 1. The molecule has 0 fully saturated rings. The van der Waals surface area contributed by atoms with Crippen molar-refractivity contribution >= 4 is 37.3 Å². The van der Waals surface area contributed by atoms with Gasteiger partial charge in [0.2, 0.25) is 20.0 Å². The number of hydrogen-bond acceptors (Lipinski definition) is 5. The highest BCUT2D eigenvalue weighted by Crippen LogP contribution is 2.25. The van der Waals surface area contributed by atoms with Gasteiger partial charge in [0.25, 0.3) is 5.91 Å². The lowest BCUT2D eigenvalue weighted by Gasteiger charge is -2.15. The molecule has 2 rings (SSSR count). The fourth-order valence-corrected chi connectivity index (χ4v) is 4.47. The first-order valence-electron chi connectivity index (χ1n) is 8.65. The molecule has 0 aromatic heterocycles. The van der Waals surface area contributed by atoms with Crippen LogP contribution in [0.25, 0.3) is 0 Å². The Morgan fingerprint density at radius 2 is 1.72 bits per heavy atom. The monoisotopic (exact) mass is 443 g/mol. The Bertz CT molecular complexity index is 1130. The van der Waals surface area contributed by atoms with Crippen LogP contribution in [0.2, 0.25) is 0 Å². The number of rotatable bonds is 8. The number of carbonyl (C=O) groups excluding carboxylic acids is 1. The molecule has 0 heterocycles. The fourth-order valence-electron chi connectivity index (χ4n) is 2.52. The Morgan fingerprint density at radius 1 is 1.07 bits per heavy atom. The normalized spacial score (nSPS) is 11.9. The summed E-state index contributed by atoms with van der Waals surface area (Å²) in [4.78, 5) is 12.3. The minimum absolute atomic E-state index is 0.0546. The average molecular weight is 444 g/mol. The largest absolute Gasteiger partial charge is 0.322 e. The maximum Gasteiger partial charge on any atom is 0.258 e. The summed E-state index contributed by atoms with van der Waals surface area (Å²) in [6.45, 7) is 3.33. The zero-order valence-electron chi connectivity index (χ0n) is 16.1. The molecule has 0 saturated carbocycles. The molecular formula is C18H22FN3O5S2. The predicted molar refractivity (Wildman–Crippen MR) is 109 cm³/mol. The number of sulfonamides is 2. The van der Waals surface area contributed by atoms with E-state index in [1.165, 1.54) is 19.2 Å². The molecule has 11 heteroatoms. The summed E-state index contributed by atoms with van der Waals surface area (Å²) in [6, 6.07) is 7.47. The Kier molecular flexibility index (Phi) is 6.98. The zero-order chi connectivity index (χ0) is 21.8. The molecular weight excluding hydrogens is 421 g/mol. The summed E-state index contributed by atoms with van der Waals surface area (Å²) in [7, 11) is -6.19. The van der Waals surface area contributed by atoms with E-state index >= 15 is 0 Å². The van der Waals surface area contributed by atoms with Crippen LogP contribution >= 0.6 is 0 Å². The van der Waals surface area contributed by atoms with Crippen LogP contribution in [0.4, 0.5) is 15.8 Å². The van der Waals surface area contributed by atoms with E-state index in [1.807, 2.05) is 0 Å². The van der Waals surface area contributed by atoms with Gasteiger partial charge in [-0.2, -0.15) is 0 Å². The van der Waals surface area contributed by atoms with Gasteiger partial charge in [-0.05, 0) is 56.3 Å². The molecule has 3 N–H and O–H groups in total. The van der Waals surface area contributed by atoms with Crippen LogP contribution in [0, 0.1) is 12.7 Å². The molecule has 0 radical (unpaired) electrons. The topological polar surface area (TPSA) is 121 Å². The first-order valence-corrected chi connectivity index (χ1v) is 11.8. The molecule has 0 unspecified atom stereocenters. The summed E-state index contributed by atoms with van der Waals surface area (Å²) in [6.07, 6.45) is 0.440. The van der Waals surface area contributed by atoms with E-state index in [0.29, 0.717) is 12.0 Å². The van der Waals surface area contributed by atoms with Gasteiger partial charge in [0.05, 0.1) is 21.9 Å². The van der Waals surface area contributed by atoms with Crippen molar-refractivity contribution < 1.29 is 26.0 Å². The molecule has 158 valence electrons. The Balaban J connectivity index is 2.35. The molecule has 0 aliphatic carbocycles. The van der Waals surface area contributed by atoms with Crippen LogP contribution < -0.4 is 14.8 Å². The lowest BCUT2D eigenvalue weighted by molar-refractivity contribution is 0.102. The van der Waals surface area contributed by atoms with E-state index in [-0.39, 0.29) is 22.0 Å². The van der Waals surface area contributed by atoms with Gasteiger partial charge < -0.3 is 5.32 Å². The molecule has 0 aliphatic heterocycles. The van der Waals surface area contributed by atoms with Gasteiger partial charge >= 0.3 is 0 Å². The SMILES string of the molecule is CCCS(=O)(=O)Nc1cccc(NC(=O)c2cc(S(=O)(=O)NC)ccc2F)c1C. The molecule has 0 spiro atoms. The van der Waals surface area contributed by atoms with Crippen molar-refractivity contribution in [1.82, 2.24) is 4.72 Å². The van der Waals surface area contributed by atoms with E-state index in [4.69, 9.17) is 0 Å². The Morgan fingerprint density at radius 3 is 2.34 bits per heavy atom. The molecule has 8 nitrogen and oxygen atoms in total. The smallest absolute Gasteiger partial charge is 0.258 e.